The number of methoxy groups -OCH3 is 2. The number of amides is 1. The number of anilines is 2. The summed E-state index contributed by atoms with van der Waals surface area (Å²) in [6.07, 6.45) is 11.5. The number of ether oxygens (including phenoxy) is 2. The fourth-order valence-corrected chi connectivity index (χ4v) is 4.96. The maximum absolute atomic E-state index is 13.1. The number of rotatable bonds is 8. The van der Waals surface area contributed by atoms with E-state index in [1.165, 1.54) is 0 Å². The molecular weight excluding hydrogens is 458 g/mol. The molecule has 2 aliphatic rings. The van der Waals surface area contributed by atoms with E-state index >= 15 is 0 Å². The normalized spacial score (nSPS) is 20.2. The van der Waals surface area contributed by atoms with Gasteiger partial charge in [0.15, 0.2) is 0 Å². The molecule has 1 fully saturated rings. The zero-order valence-corrected chi connectivity index (χ0v) is 21.0. The lowest BCUT2D eigenvalue weighted by atomic mass is 9.93. The Bertz CT molecular complexity index is 1260. The molecule has 0 radical (unpaired) electrons. The smallest absolute Gasteiger partial charge is 0.255 e. The molecule has 0 spiro atoms. The van der Waals surface area contributed by atoms with Crippen molar-refractivity contribution in [3.05, 3.63) is 53.5 Å². The van der Waals surface area contributed by atoms with Crippen molar-refractivity contribution in [2.75, 3.05) is 38.0 Å². The average Bonchev–Trinajstić information content (AvgIpc) is 3.32. The number of hydrogen-bond acceptors (Lipinski definition) is 8. The van der Waals surface area contributed by atoms with Gasteiger partial charge < -0.3 is 25.4 Å². The number of carbonyl (C=O) groups excluding carboxylic acids is 1. The van der Waals surface area contributed by atoms with Gasteiger partial charge in [0.1, 0.15) is 5.82 Å². The molecule has 190 valence electrons. The van der Waals surface area contributed by atoms with E-state index in [4.69, 9.17) is 9.47 Å². The molecule has 10 nitrogen and oxygen atoms in total. The summed E-state index contributed by atoms with van der Waals surface area (Å²) in [4.78, 5) is 22.3. The van der Waals surface area contributed by atoms with Gasteiger partial charge in [-0.05, 0) is 55.9 Å². The van der Waals surface area contributed by atoms with Crippen LogP contribution in [0.1, 0.15) is 54.1 Å². The number of nitrogens with one attached hydrogen (secondary N) is 3. The highest BCUT2D eigenvalue weighted by Crippen LogP contribution is 2.32. The minimum Gasteiger partial charge on any atom is -0.383 e. The Morgan fingerprint density at radius 1 is 1.25 bits per heavy atom. The molecule has 1 atom stereocenters. The molecule has 4 heterocycles. The first kappa shape index (κ1) is 24.2. The van der Waals surface area contributed by atoms with Crippen LogP contribution in [-0.4, -0.2) is 71.0 Å². The Morgan fingerprint density at radius 3 is 2.86 bits per heavy atom. The number of nitrogens with zero attached hydrogens (tertiary/aromatic N) is 4. The third-order valence-corrected chi connectivity index (χ3v) is 6.87. The van der Waals surface area contributed by atoms with Crippen molar-refractivity contribution in [2.24, 2.45) is 0 Å². The van der Waals surface area contributed by atoms with Gasteiger partial charge in [-0.2, -0.15) is 10.1 Å². The molecule has 1 amide bonds. The molecule has 5 rings (SSSR count). The minimum atomic E-state index is -0.0908. The van der Waals surface area contributed by atoms with Crippen molar-refractivity contribution in [3.63, 3.8) is 0 Å². The SMILES string of the molecule is COC[C@H](C)Nc1ncc2c(n1)NCC=C2c1ccn2ncc(C(=O)NC3CCC(OC)CC3)c2c1. The fraction of sp³-hybridized carbons (Fsp3) is 0.462. The van der Waals surface area contributed by atoms with Crippen molar-refractivity contribution in [3.8, 4) is 0 Å². The Hall–Kier alpha value is -3.50. The average molecular weight is 492 g/mol. The van der Waals surface area contributed by atoms with Crippen LogP contribution in [0.3, 0.4) is 0 Å². The van der Waals surface area contributed by atoms with Gasteiger partial charge in [0, 0.05) is 50.8 Å². The predicted molar refractivity (Wildman–Crippen MR) is 138 cm³/mol. The van der Waals surface area contributed by atoms with Crippen molar-refractivity contribution in [2.45, 2.75) is 50.8 Å². The third-order valence-electron chi connectivity index (χ3n) is 6.87. The Labute approximate surface area is 210 Å². The van der Waals surface area contributed by atoms with Gasteiger partial charge in [-0.15, -0.1) is 0 Å². The molecule has 1 saturated carbocycles. The van der Waals surface area contributed by atoms with Crippen molar-refractivity contribution >= 4 is 28.8 Å². The van der Waals surface area contributed by atoms with Crippen LogP contribution in [0.2, 0.25) is 0 Å². The highest BCUT2D eigenvalue weighted by molar-refractivity contribution is 6.01. The van der Waals surface area contributed by atoms with Gasteiger partial charge in [0.05, 0.1) is 30.0 Å². The van der Waals surface area contributed by atoms with Crippen molar-refractivity contribution in [1.82, 2.24) is 24.9 Å². The van der Waals surface area contributed by atoms with Gasteiger partial charge in [-0.3, -0.25) is 4.79 Å². The molecule has 3 aromatic heterocycles. The van der Waals surface area contributed by atoms with E-state index in [9.17, 15) is 4.79 Å². The van der Waals surface area contributed by atoms with Gasteiger partial charge in [0.25, 0.3) is 5.91 Å². The zero-order valence-electron chi connectivity index (χ0n) is 21.0. The number of pyridine rings is 1. The summed E-state index contributed by atoms with van der Waals surface area (Å²) in [5, 5.41) is 14.2. The van der Waals surface area contributed by atoms with E-state index in [0.29, 0.717) is 30.8 Å². The molecule has 1 aliphatic carbocycles. The number of carbonyl (C=O) groups is 1. The van der Waals surface area contributed by atoms with Crippen molar-refractivity contribution < 1.29 is 14.3 Å². The Balaban J connectivity index is 1.37. The largest absolute Gasteiger partial charge is 0.383 e. The maximum atomic E-state index is 13.1. The van der Waals surface area contributed by atoms with E-state index in [2.05, 4.69) is 37.1 Å². The molecule has 0 unspecified atom stereocenters. The quantitative estimate of drug-likeness (QED) is 0.440. The molecule has 3 aromatic rings. The molecule has 10 heteroatoms. The van der Waals surface area contributed by atoms with Gasteiger partial charge in [0.2, 0.25) is 5.95 Å². The molecule has 0 aromatic carbocycles. The van der Waals surface area contributed by atoms with Crippen LogP contribution in [0.4, 0.5) is 11.8 Å². The summed E-state index contributed by atoms with van der Waals surface area (Å²) < 4.78 is 12.4. The number of fused-ring (bicyclic) bond motifs is 2. The Kier molecular flexibility index (Phi) is 7.15. The lowest BCUT2D eigenvalue weighted by Crippen LogP contribution is -2.38. The number of aromatic nitrogens is 4. The standard InChI is InChI=1S/C26H33N7O3/c1-16(15-35-2)30-26-28-13-21-20(8-10-27-24(21)32-26)17-9-11-33-23(12-17)22(14-29-33)25(34)31-18-4-6-19(36-3)7-5-18/h8-9,11-14,16,18-19H,4-7,10,15H2,1-3H3,(H,31,34)(H2,27,28,30,32)/t16-,18?,19?/m0/s1. The number of hydrogen-bond donors (Lipinski definition) is 3. The second-order valence-electron chi connectivity index (χ2n) is 9.44. The molecule has 0 bridgehead atoms. The molecule has 0 saturated heterocycles. The van der Waals surface area contributed by atoms with Crippen LogP contribution in [0, 0.1) is 0 Å². The van der Waals surface area contributed by atoms with E-state index < -0.39 is 0 Å². The van der Waals surface area contributed by atoms with Crippen LogP contribution in [0.15, 0.2) is 36.8 Å². The molecule has 36 heavy (non-hydrogen) atoms. The van der Waals surface area contributed by atoms with E-state index in [1.807, 2.05) is 31.5 Å². The topological polar surface area (TPSA) is 115 Å². The van der Waals surface area contributed by atoms with Crippen LogP contribution in [0.5, 0.6) is 0 Å². The first-order chi connectivity index (χ1) is 17.6. The molecule has 1 aliphatic heterocycles. The molecule has 3 N–H and O–H groups in total. The van der Waals surface area contributed by atoms with Gasteiger partial charge >= 0.3 is 0 Å². The van der Waals surface area contributed by atoms with Gasteiger partial charge in [-0.25, -0.2) is 9.50 Å². The summed E-state index contributed by atoms with van der Waals surface area (Å²) in [6.45, 7) is 3.23. The Morgan fingerprint density at radius 2 is 2.08 bits per heavy atom. The predicted octanol–water partition coefficient (Wildman–Crippen LogP) is 3.12. The highest BCUT2D eigenvalue weighted by Gasteiger charge is 2.24. The summed E-state index contributed by atoms with van der Waals surface area (Å²) in [6, 6.07) is 4.27. The van der Waals surface area contributed by atoms with Crippen LogP contribution < -0.4 is 16.0 Å². The maximum Gasteiger partial charge on any atom is 0.255 e. The van der Waals surface area contributed by atoms with Crippen LogP contribution in [-0.2, 0) is 9.47 Å². The van der Waals surface area contributed by atoms with Gasteiger partial charge in [-0.1, -0.05) is 6.08 Å². The van der Waals surface area contributed by atoms with Crippen LogP contribution >= 0.6 is 0 Å². The first-order valence-corrected chi connectivity index (χ1v) is 12.4. The summed E-state index contributed by atoms with van der Waals surface area (Å²) in [5.74, 6) is 1.23. The minimum absolute atomic E-state index is 0.0908. The van der Waals surface area contributed by atoms with E-state index in [-0.39, 0.29) is 18.0 Å². The first-order valence-electron chi connectivity index (χ1n) is 12.4. The third kappa shape index (κ3) is 5.05. The lowest BCUT2D eigenvalue weighted by Gasteiger charge is -2.28. The second-order valence-corrected chi connectivity index (χ2v) is 9.44. The molecular formula is C26H33N7O3. The fourth-order valence-electron chi connectivity index (χ4n) is 4.96. The summed E-state index contributed by atoms with van der Waals surface area (Å²) in [5.41, 5.74) is 4.26. The monoisotopic (exact) mass is 491 g/mol. The van der Waals surface area contributed by atoms with E-state index in [0.717, 1.165) is 53.7 Å². The summed E-state index contributed by atoms with van der Waals surface area (Å²) in [7, 11) is 3.42. The summed E-state index contributed by atoms with van der Waals surface area (Å²) >= 11 is 0. The van der Waals surface area contributed by atoms with E-state index in [1.54, 1.807) is 24.9 Å². The van der Waals surface area contributed by atoms with Crippen molar-refractivity contribution in [1.29, 1.82) is 0 Å². The highest BCUT2D eigenvalue weighted by atomic mass is 16.5. The van der Waals surface area contributed by atoms with Crippen LogP contribution in [0.25, 0.3) is 11.1 Å². The lowest BCUT2D eigenvalue weighted by molar-refractivity contribution is 0.0599. The second kappa shape index (κ2) is 10.6. The zero-order chi connectivity index (χ0) is 25.1.